The summed E-state index contributed by atoms with van der Waals surface area (Å²) in [5, 5.41) is 18.6. The highest BCUT2D eigenvalue weighted by Crippen LogP contribution is 2.39. The zero-order chi connectivity index (χ0) is 15.2. The van der Waals surface area contributed by atoms with Gasteiger partial charge in [0.2, 0.25) is 10.0 Å². The number of rotatable bonds is 4. The Bertz CT molecular complexity index is 822. The van der Waals surface area contributed by atoms with Crippen LogP contribution < -0.4 is 5.14 Å². The first-order valence-corrected chi connectivity index (χ1v) is 7.87. The molecule has 0 bridgehead atoms. The lowest BCUT2D eigenvalue weighted by atomic mass is 10.2. The summed E-state index contributed by atoms with van der Waals surface area (Å²) in [7, 11) is -3.95. The molecule has 1 saturated carbocycles. The van der Waals surface area contributed by atoms with Gasteiger partial charge in [0, 0.05) is 12.1 Å². The standard InChI is InChI=1S/C13H13N3O4S/c14-21(19,20)9-3-4-12(10(7-9)13(17)18)16-6-5-11(15-16)8-1-2-8/h3-8H,1-2H2,(H,17,18)(H2,14,19,20). The highest BCUT2D eigenvalue weighted by atomic mass is 32.2. The summed E-state index contributed by atoms with van der Waals surface area (Å²) in [6.07, 6.45) is 3.85. The number of sulfonamides is 1. The van der Waals surface area contributed by atoms with E-state index in [1.807, 2.05) is 6.07 Å². The van der Waals surface area contributed by atoms with Crippen molar-refractivity contribution in [1.82, 2.24) is 9.78 Å². The molecular weight excluding hydrogens is 294 g/mol. The lowest BCUT2D eigenvalue weighted by molar-refractivity contribution is 0.0696. The molecule has 0 radical (unpaired) electrons. The zero-order valence-electron chi connectivity index (χ0n) is 10.9. The second-order valence-corrected chi connectivity index (χ2v) is 6.55. The molecule has 0 atom stereocenters. The van der Waals surface area contributed by atoms with Gasteiger partial charge in [0.25, 0.3) is 0 Å². The number of carboxylic acids is 1. The zero-order valence-corrected chi connectivity index (χ0v) is 11.7. The molecule has 3 N–H and O–H groups in total. The quantitative estimate of drug-likeness (QED) is 0.877. The van der Waals surface area contributed by atoms with Crippen LogP contribution in [0, 0.1) is 0 Å². The topological polar surface area (TPSA) is 115 Å². The van der Waals surface area contributed by atoms with Crippen molar-refractivity contribution >= 4 is 16.0 Å². The van der Waals surface area contributed by atoms with Crippen LogP contribution in [0.2, 0.25) is 0 Å². The number of primary sulfonamides is 1. The number of hydrogen-bond acceptors (Lipinski definition) is 4. The minimum absolute atomic E-state index is 0.160. The molecule has 0 unspecified atom stereocenters. The van der Waals surface area contributed by atoms with Crippen LogP contribution in [0.25, 0.3) is 5.69 Å². The molecular formula is C13H13N3O4S. The summed E-state index contributed by atoms with van der Waals surface area (Å²) in [5.74, 6) is -0.790. The molecule has 1 heterocycles. The van der Waals surface area contributed by atoms with E-state index in [1.54, 1.807) is 6.20 Å². The molecule has 21 heavy (non-hydrogen) atoms. The van der Waals surface area contributed by atoms with Crippen molar-refractivity contribution < 1.29 is 18.3 Å². The van der Waals surface area contributed by atoms with Gasteiger partial charge in [-0.25, -0.2) is 23.0 Å². The van der Waals surface area contributed by atoms with E-state index in [4.69, 9.17) is 5.14 Å². The first kappa shape index (κ1) is 13.8. The number of aromatic carboxylic acids is 1. The average Bonchev–Trinajstić information content (AvgIpc) is 3.15. The van der Waals surface area contributed by atoms with Crippen LogP contribution in [0.5, 0.6) is 0 Å². The molecule has 8 heteroatoms. The van der Waals surface area contributed by atoms with Crippen molar-refractivity contribution in [1.29, 1.82) is 0 Å². The van der Waals surface area contributed by atoms with Crippen molar-refractivity contribution in [3.05, 3.63) is 41.7 Å². The van der Waals surface area contributed by atoms with Crippen molar-refractivity contribution in [2.45, 2.75) is 23.7 Å². The van der Waals surface area contributed by atoms with E-state index in [1.165, 1.54) is 16.8 Å². The lowest BCUT2D eigenvalue weighted by Gasteiger charge is -2.08. The second kappa shape index (κ2) is 4.68. The van der Waals surface area contributed by atoms with Crippen molar-refractivity contribution in [3.8, 4) is 5.69 Å². The number of nitrogens with two attached hydrogens (primary N) is 1. The Hall–Kier alpha value is -2.19. The number of aromatic nitrogens is 2. The van der Waals surface area contributed by atoms with Gasteiger partial charge in [0.1, 0.15) is 0 Å². The largest absolute Gasteiger partial charge is 0.478 e. The van der Waals surface area contributed by atoms with Crippen LogP contribution >= 0.6 is 0 Å². The third kappa shape index (κ3) is 2.67. The van der Waals surface area contributed by atoms with Gasteiger partial charge in [-0.1, -0.05) is 0 Å². The van der Waals surface area contributed by atoms with Crippen molar-refractivity contribution in [3.63, 3.8) is 0 Å². The Morgan fingerprint density at radius 3 is 2.62 bits per heavy atom. The molecule has 0 aliphatic heterocycles. The summed E-state index contributed by atoms with van der Waals surface area (Å²) in [6.45, 7) is 0. The normalized spacial score (nSPS) is 15.1. The van der Waals surface area contributed by atoms with E-state index in [9.17, 15) is 18.3 Å². The van der Waals surface area contributed by atoms with Crippen molar-refractivity contribution in [2.24, 2.45) is 5.14 Å². The van der Waals surface area contributed by atoms with Crippen LogP contribution in [0.1, 0.15) is 34.8 Å². The fraction of sp³-hybridized carbons (Fsp3) is 0.231. The van der Waals surface area contributed by atoms with Crippen LogP contribution in [-0.4, -0.2) is 29.3 Å². The molecule has 0 amide bonds. The molecule has 7 nitrogen and oxygen atoms in total. The Morgan fingerprint density at radius 2 is 2.05 bits per heavy atom. The molecule has 3 rings (SSSR count). The van der Waals surface area contributed by atoms with E-state index >= 15 is 0 Å². The highest BCUT2D eigenvalue weighted by molar-refractivity contribution is 7.89. The van der Waals surface area contributed by atoms with Crippen LogP contribution in [0.15, 0.2) is 35.4 Å². The van der Waals surface area contributed by atoms with E-state index in [-0.39, 0.29) is 10.5 Å². The van der Waals surface area contributed by atoms with Gasteiger partial charge in [-0.2, -0.15) is 5.10 Å². The molecule has 1 aliphatic carbocycles. The Morgan fingerprint density at radius 1 is 1.33 bits per heavy atom. The van der Waals surface area contributed by atoms with Gasteiger partial charge in [-0.05, 0) is 37.1 Å². The number of nitrogens with zero attached hydrogens (tertiary/aromatic N) is 2. The number of carbonyl (C=O) groups is 1. The highest BCUT2D eigenvalue weighted by Gasteiger charge is 2.26. The molecule has 1 aromatic heterocycles. The third-order valence-corrected chi connectivity index (χ3v) is 4.29. The molecule has 1 fully saturated rings. The predicted molar refractivity (Wildman–Crippen MR) is 73.9 cm³/mol. The van der Waals surface area contributed by atoms with E-state index in [0.29, 0.717) is 11.6 Å². The number of carboxylic acid groups (broad SMARTS) is 1. The molecule has 0 saturated heterocycles. The molecule has 2 aromatic rings. The maximum absolute atomic E-state index is 11.4. The summed E-state index contributed by atoms with van der Waals surface area (Å²) in [5.41, 5.74) is 1.07. The fourth-order valence-electron chi connectivity index (χ4n) is 2.13. The maximum Gasteiger partial charge on any atom is 0.337 e. The summed E-state index contributed by atoms with van der Waals surface area (Å²) < 4.78 is 24.1. The third-order valence-electron chi connectivity index (χ3n) is 3.38. The van der Waals surface area contributed by atoms with Crippen LogP contribution in [-0.2, 0) is 10.0 Å². The fourth-order valence-corrected chi connectivity index (χ4v) is 2.67. The first-order valence-electron chi connectivity index (χ1n) is 6.32. The second-order valence-electron chi connectivity index (χ2n) is 4.99. The van der Waals surface area contributed by atoms with Crippen LogP contribution in [0.3, 0.4) is 0 Å². The number of benzene rings is 1. The monoisotopic (exact) mass is 307 g/mol. The summed E-state index contributed by atoms with van der Waals surface area (Å²) in [6, 6.07) is 5.56. The molecule has 1 aromatic carbocycles. The summed E-state index contributed by atoms with van der Waals surface area (Å²) in [4.78, 5) is 11.1. The van der Waals surface area contributed by atoms with E-state index in [0.717, 1.165) is 24.6 Å². The minimum Gasteiger partial charge on any atom is -0.478 e. The van der Waals surface area contributed by atoms with Gasteiger partial charge < -0.3 is 5.11 Å². The SMILES string of the molecule is NS(=O)(=O)c1ccc(-n2ccc(C3CC3)n2)c(C(=O)O)c1. The van der Waals surface area contributed by atoms with Gasteiger partial charge in [0.15, 0.2) is 0 Å². The number of hydrogen-bond donors (Lipinski definition) is 2. The Labute approximate surface area is 121 Å². The first-order chi connectivity index (χ1) is 9.86. The minimum atomic E-state index is -3.95. The molecule has 0 spiro atoms. The predicted octanol–water partition coefficient (Wildman–Crippen LogP) is 1.10. The van der Waals surface area contributed by atoms with Gasteiger partial charge in [-0.3, -0.25) is 0 Å². The smallest absolute Gasteiger partial charge is 0.337 e. The lowest BCUT2D eigenvalue weighted by Crippen LogP contribution is -2.14. The summed E-state index contributed by atoms with van der Waals surface area (Å²) >= 11 is 0. The molecule has 110 valence electrons. The van der Waals surface area contributed by atoms with E-state index < -0.39 is 16.0 Å². The van der Waals surface area contributed by atoms with Gasteiger partial charge in [-0.15, -0.1) is 0 Å². The van der Waals surface area contributed by atoms with Crippen molar-refractivity contribution in [2.75, 3.05) is 0 Å². The van der Waals surface area contributed by atoms with Gasteiger partial charge in [0.05, 0.1) is 21.8 Å². The Balaban J connectivity index is 2.10. The van der Waals surface area contributed by atoms with E-state index in [2.05, 4.69) is 5.10 Å². The average molecular weight is 307 g/mol. The Kier molecular flexibility index (Phi) is 3.07. The van der Waals surface area contributed by atoms with Crippen LogP contribution in [0.4, 0.5) is 0 Å². The molecule has 1 aliphatic rings. The van der Waals surface area contributed by atoms with Gasteiger partial charge >= 0.3 is 5.97 Å². The maximum atomic E-state index is 11.4.